The standard InChI is InChI=1S/C13H24N4S2/c1-11-17-12(10-19-11)6-8-16-13(14-2)15-7-4-5-9-18-3/h10H,4-9H2,1-3H3,(H2,14,15,16). The van der Waals surface area contributed by atoms with Crippen LogP contribution in [0.1, 0.15) is 23.5 Å². The van der Waals surface area contributed by atoms with Crippen molar-refractivity contribution in [3.63, 3.8) is 0 Å². The summed E-state index contributed by atoms with van der Waals surface area (Å²) in [5.41, 5.74) is 1.16. The Hall–Kier alpha value is -0.750. The molecule has 1 aromatic heterocycles. The Morgan fingerprint density at radius 2 is 2.16 bits per heavy atom. The second-order valence-corrected chi connectivity index (χ2v) is 6.28. The van der Waals surface area contributed by atoms with Crippen LogP contribution in [0.15, 0.2) is 10.4 Å². The lowest BCUT2D eigenvalue weighted by molar-refractivity contribution is 0.729. The van der Waals surface area contributed by atoms with Crippen LogP contribution in [0.5, 0.6) is 0 Å². The van der Waals surface area contributed by atoms with Crippen LogP contribution in [0.2, 0.25) is 0 Å². The van der Waals surface area contributed by atoms with E-state index in [-0.39, 0.29) is 0 Å². The average Bonchev–Trinajstić information content (AvgIpc) is 2.82. The Morgan fingerprint density at radius 3 is 2.79 bits per heavy atom. The predicted octanol–water partition coefficient (Wildman–Crippen LogP) is 2.30. The van der Waals surface area contributed by atoms with Crippen molar-refractivity contribution in [3.05, 3.63) is 16.1 Å². The average molecular weight is 300 g/mol. The van der Waals surface area contributed by atoms with Gasteiger partial charge in [-0.3, -0.25) is 4.99 Å². The molecule has 4 nitrogen and oxygen atoms in total. The number of guanidine groups is 1. The van der Waals surface area contributed by atoms with Crippen molar-refractivity contribution < 1.29 is 0 Å². The molecule has 1 heterocycles. The third-order valence-corrected chi connectivity index (χ3v) is 4.15. The minimum absolute atomic E-state index is 0.869. The third-order valence-electron chi connectivity index (χ3n) is 2.63. The van der Waals surface area contributed by atoms with Gasteiger partial charge >= 0.3 is 0 Å². The van der Waals surface area contributed by atoms with E-state index in [9.17, 15) is 0 Å². The van der Waals surface area contributed by atoms with E-state index in [1.807, 2.05) is 25.7 Å². The van der Waals surface area contributed by atoms with Crippen LogP contribution in [-0.4, -0.2) is 43.1 Å². The van der Waals surface area contributed by atoms with Crippen molar-refractivity contribution in [2.45, 2.75) is 26.2 Å². The summed E-state index contributed by atoms with van der Waals surface area (Å²) in [4.78, 5) is 8.66. The number of aryl methyl sites for hydroxylation is 1. The molecule has 0 spiro atoms. The smallest absolute Gasteiger partial charge is 0.190 e. The van der Waals surface area contributed by atoms with Gasteiger partial charge in [-0.25, -0.2) is 4.98 Å². The molecular weight excluding hydrogens is 276 g/mol. The second kappa shape index (κ2) is 10.1. The Kier molecular flexibility index (Phi) is 8.66. The summed E-state index contributed by atoms with van der Waals surface area (Å²) in [7, 11) is 1.81. The van der Waals surface area contributed by atoms with Crippen LogP contribution in [0, 0.1) is 6.92 Å². The molecule has 0 aromatic carbocycles. The Balaban J connectivity index is 2.11. The zero-order chi connectivity index (χ0) is 13.9. The maximum atomic E-state index is 4.45. The van der Waals surface area contributed by atoms with Gasteiger partial charge in [-0.15, -0.1) is 11.3 Å². The highest BCUT2D eigenvalue weighted by Crippen LogP contribution is 2.07. The van der Waals surface area contributed by atoms with Gasteiger partial charge in [0.25, 0.3) is 0 Å². The summed E-state index contributed by atoms with van der Waals surface area (Å²) in [6.45, 7) is 3.89. The van der Waals surface area contributed by atoms with Gasteiger partial charge in [-0.1, -0.05) is 0 Å². The van der Waals surface area contributed by atoms with Crippen LogP contribution in [0.3, 0.4) is 0 Å². The van der Waals surface area contributed by atoms with Gasteiger partial charge in [0.1, 0.15) is 0 Å². The highest BCUT2D eigenvalue weighted by Gasteiger charge is 2.00. The van der Waals surface area contributed by atoms with Crippen LogP contribution in [0.25, 0.3) is 0 Å². The van der Waals surface area contributed by atoms with Gasteiger partial charge in [0.05, 0.1) is 10.7 Å². The molecule has 0 bridgehead atoms. The molecule has 0 aliphatic heterocycles. The summed E-state index contributed by atoms with van der Waals surface area (Å²) in [6, 6.07) is 0. The Morgan fingerprint density at radius 1 is 1.37 bits per heavy atom. The number of hydrogen-bond acceptors (Lipinski definition) is 4. The zero-order valence-electron chi connectivity index (χ0n) is 12.0. The first-order chi connectivity index (χ1) is 9.26. The molecule has 0 aliphatic carbocycles. The molecule has 19 heavy (non-hydrogen) atoms. The molecule has 1 aromatic rings. The van der Waals surface area contributed by atoms with E-state index >= 15 is 0 Å². The lowest BCUT2D eigenvalue weighted by atomic mass is 10.3. The van der Waals surface area contributed by atoms with Crippen LogP contribution in [-0.2, 0) is 6.42 Å². The van der Waals surface area contributed by atoms with Crippen molar-refractivity contribution in [3.8, 4) is 0 Å². The molecule has 0 unspecified atom stereocenters. The maximum absolute atomic E-state index is 4.45. The topological polar surface area (TPSA) is 49.3 Å². The van der Waals surface area contributed by atoms with Gasteiger partial charge in [-0.2, -0.15) is 11.8 Å². The third kappa shape index (κ3) is 7.42. The summed E-state index contributed by atoms with van der Waals surface area (Å²) >= 11 is 3.60. The lowest BCUT2D eigenvalue weighted by Crippen LogP contribution is -2.38. The Bertz CT molecular complexity index is 376. The molecule has 0 saturated carbocycles. The molecule has 0 aliphatic rings. The monoisotopic (exact) mass is 300 g/mol. The second-order valence-electron chi connectivity index (χ2n) is 4.23. The first kappa shape index (κ1) is 16.3. The van der Waals surface area contributed by atoms with Gasteiger partial charge in [0.15, 0.2) is 5.96 Å². The minimum atomic E-state index is 0.869. The van der Waals surface area contributed by atoms with Crippen molar-refractivity contribution in [2.24, 2.45) is 4.99 Å². The molecule has 2 N–H and O–H groups in total. The molecular formula is C13H24N4S2. The summed E-state index contributed by atoms with van der Waals surface area (Å²) in [6.07, 6.45) is 5.53. The molecule has 1 rings (SSSR count). The number of aromatic nitrogens is 1. The van der Waals surface area contributed by atoms with Gasteiger partial charge in [0, 0.05) is 31.9 Å². The molecule has 108 valence electrons. The molecule has 0 amide bonds. The largest absolute Gasteiger partial charge is 0.356 e. The normalized spacial score (nSPS) is 11.6. The summed E-state index contributed by atoms with van der Waals surface area (Å²) in [5, 5.41) is 9.90. The number of aliphatic imine (C=N–C) groups is 1. The van der Waals surface area contributed by atoms with E-state index in [1.165, 1.54) is 18.6 Å². The first-order valence-electron chi connectivity index (χ1n) is 6.60. The van der Waals surface area contributed by atoms with Gasteiger partial charge < -0.3 is 10.6 Å². The summed E-state index contributed by atoms with van der Waals surface area (Å²) in [5.74, 6) is 2.12. The van der Waals surface area contributed by atoms with E-state index in [1.54, 1.807) is 11.3 Å². The fourth-order valence-corrected chi connectivity index (χ4v) is 2.77. The number of unbranched alkanes of at least 4 members (excludes halogenated alkanes) is 1. The number of thiazole rings is 1. The molecule has 0 fully saturated rings. The molecule has 0 atom stereocenters. The lowest BCUT2D eigenvalue weighted by Gasteiger charge is -2.11. The van der Waals surface area contributed by atoms with E-state index in [4.69, 9.17) is 0 Å². The fraction of sp³-hybridized carbons (Fsp3) is 0.692. The number of nitrogens with one attached hydrogen (secondary N) is 2. The van der Waals surface area contributed by atoms with Crippen molar-refractivity contribution in [1.82, 2.24) is 15.6 Å². The SMILES string of the molecule is CN=C(NCCCCSC)NCCc1csc(C)n1. The predicted molar refractivity (Wildman–Crippen MR) is 87.5 cm³/mol. The Labute approximate surface area is 124 Å². The maximum Gasteiger partial charge on any atom is 0.190 e. The van der Waals surface area contributed by atoms with Crippen molar-refractivity contribution >= 4 is 29.1 Å². The van der Waals surface area contributed by atoms with E-state index < -0.39 is 0 Å². The highest BCUT2D eigenvalue weighted by atomic mass is 32.2. The quantitative estimate of drug-likeness (QED) is 0.439. The molecule has 0 saturated heterocycles. The van der Waals surface area contributed by atoms with Crippen LogP contribution >= 0.6 is 23.1 Å². The number of thioether (sulfide) groups is 1. The van der Waals surface area contributed by atoms with Crippen LogP contribution in [0.4, 0.5) is 0 Å². The van der Waals surface area contributed by atoms with E-state index in [0.29, 0.717) is 0 Å². The van der Waals surface area contributed by atoms with E-state index in [2.05, 4.69) is 32.2 Å². The zero-order valence-corrected chi connectivity index (χ0v) is 13.7. The number of hydrogen-bond donors (Lipinski definition) is 2. The molecule has 0 radical (unpaired) electrons. The van der Waals surface area contributed by atoms with E-state index in [0.717, 1.165) is 36.2 Å². The minimum Gasteiger partial charge on any atom is -0.356 e. The molecule has 6 heteroatoms. The first-order valence-corrected chi connectivity index (χ1v) is 8.88. The summed E-state index contributed by atoms with van der Waals surface area (Å²) < 4.78 is 0. The van der Waals surface area contributed by atoms with Crippen LogP contribution < -0.4 is 10.6 Å². The highest BCUT2D eigenvalue weighted by molar-refractivity contribution is 7.98. The van der Waals surface area contributed by atoms with Gasteiger partial charge in [-0.05, 0) is 31.8 Å². The van der Waals surface area contributed by atoms with Crippen molar-refractivity contribution in [2.75, 3.05) is 32.1 Å². The number of nitrogens with zero attached hydrogens (tertiary/aromatic N) is 2. The fourth-order valence-electron chi connectivity index (χ4n) is 1.63. The number of rotatable bonds is 8. The van der Waals surface area contributed by atoms with Gasteiger partial charge in [0.2, 0.25) is 0 Å². The van der Waals surface area contributed by atoms with Crippen molar-refractivity contribution in [1.29, 1.82) is 0 Å².